The maximum Gasteiger partial charge on any atom is 0.419 e. The Balaban J connectivity index is 1.59. The largest absolute Gasteiger partial charge is 0.492 e. The zero-order chi connectivity index (χ0) is 19.0. The van der Waals surface area contributed by atoms with Gasteiger partial charge in [-0.05, 0) is 35.9 Å². The minimum Gasteiger partial charge on any atom is -0.492 e. The van der Waals surface area contributed by atoms with E-state index in [2.05, 4.69) is 4.37 Å². The molecule has 1 aromatic heterocycles. The predicted octanol–water partition coefficient (Wildman–Crippen LogP) is 5.02. The predicted molar refractivity (Wildman–Crippen MR) is 95.3 cm³/mol. The van der Waals surface area contributed by atoms with Crippen LogP contribution in [0.25, 0.3) is 10.4 Å². The van der Waals surface area contributed by atoms with Crippen molar-refractivity contribution in [3.05, 3.63) is 70.0 Å². The molecule has 1 atom stereocenters. The molecular weight excluding hydrogens is 379 g/mol. The maximum absolute atomic E-state index is 13.2. The zero-order valence-electron chi connectivity index (χ0n) is 13.9. The first-order valence-electron chi connectivity index (χ1n) is 8.20. The molecule has 8 heteroatoms. The van der Waals surface area contributed by atoms with Gasteiger partial charge in [0, 0.05) is 18.1 Å². The van der Waals surface area contributed by atoms with Gasteiger partial charge >= 0.3 is 6.18 Å². The molecule has 1 unspecified atom stereocenters. The minimum absolute atomic E-state index is 0.153. The number of hydrogen-bond acceptors (Lipinski definition) is 4. The summed E-state index contributed by atoms with van der Waals surface area (Å²) in [5, 5.41) is 0. The number of aromatic amines is 1. The molecule has 0 fully saturated rings. The van der Waals surface area contributed by atoms with Crippen LogP contribution in [0.4, 0.5) is 13.2 Å². The number of para-hydroxylation sites is 1. The zero-order valence-corrected chi connectivity index (χ0v) is 14.7. The molecule has 1 N–H and O–H groups in total. The molecule has 4 rings (SSSR count). The Morgan fingerprint density at radius 1 is 1.15 bits per heavy atom. The third-order valence-electron chi connectivity index (χ3n) is 4.27. The highest BCUT2D eigenvalue weighted by atomic mass is 32.1. The molecule has 140 valence electrons. The van der Waals surface area contributed by atoms with Crippen LogP contribution < -0.4 is 15.0 Å². The summed E-state index contributed by atoms with van der Waals surface area (Å²) in [7, 11) is 0. The molecule has 0 saturated heterocycles. The van der Waals surface area contributed by atoms with Crippen molar-refractivity contribution in [3.63, 3.8) is 0 Å². The van der Waals surface area contributed by atoms with Crippen molar-refractivity contribution in [2.75, 3.05) is 6.61 Å². The molecule has 0 aliphatic carbocycles. The maximum atomic E-state index is 13.2. The lowest BCUT2D eigenvalue weighted by atomic mass is 9.99. The molecule has 0 bridgehead atoms. The fraction of sp³-hybridized carbons (Fsp3) is 0.211. The molecule has 0 spiro atoms. The van der Waals surface area contributed by atoms with Gasteiger partial charge in [0.15, 0.2) is 0 Å². The van der Waals surface area contributed by atoms with Crippen molar-refractivity contribution in [1.82, 2.24) is 4.37 Å². The van der Waals surface area contributed by atoms with E-state index in [0.717, 1.165) is 16.5 Å². The number of nitrogens with one attached hydrogen (secondary N) is 1. The SMILES string of the molecule is O=c1cc(-c2ccc(OC3CCOc4c3cccc4C(F)(F)F)cc2)s[nH]1. The van der Waals surface area contributed by atoms with Gasteiger partial charge in [-0.3, -0.25) is 9.17 Å². The second-order valence-electron chi connectivity index (χ2n) is 6.07. The number of ether oxygens (including phenoxy) is 2. The highest BCUT2D eigenvalue weighted by molar-refractivity contribution is 7.09. The van der Waals surface area contributed by atoms with Crippen LogP contribution in [0.5, 0.6) is 11.5 Å². The number of H-pyrrole nitrogens is 1. The third kappa shape index (κ3) is 3.57. The number of rotatable bonds is 3. The summed E-state index contributed by atoms with van der Waals surface area (Å²) in [5.74, 6) is 0.381. The third-order valence-corrected chi connectivity index (χ3v) is 5.14. The Hall–Kier alpha value is -2.74. The Bertz CT molecular complexity index is 1010. The van der Waals surface area contributed by atoms with Gasteiger partial charge in [0.1, 0.15) is 17.6 Å². The van der Waals surface area contributed by atoms with Gasteiger partial charge in [-0.25, -0.2) is 0 Å². The minimum atomic E-state index is -4.48. The number of fused-ring (bicyclic) bond motifs is 1. The molecular formula is C19H14F3NO3S. The van der Waals surface area contributed by atoms with E-state index in [1.807, 2.05) is 0 Å². The van der Waals surface area contributed by atoms with E-state index in [4.69, 9.17) is 9.47 Å². The fourth-order valence-electron chi connectivity index (χ4n) is 3.03. The second-order valence-corrected chi connectivity index (χ2v) is 6.91. The van der Waals surface area contributed by atoms with Crippen LogP contribution in [0.1, 0.15) is 23.7 Å². The lowest BCUT2D eigenvalue weighted by Crippen LogP contribution is -2.21. The summed E-state index contributed by atoms with van der Waals surface area (Å²) in [6.07, 6.45) is -4.55. The lowest BCUT2D eigenvalue weighted by molar-refractivity contribution is -0.139. The molecule has 2 heterocycles. The molecule has 2 aromatic carbocycles. The van der Waals surface area contributed by atoms with E-state index in [1.165, 1.54) is 23.7 Å². The van der Waals surface area contributed by atoms with Crippen molar-refractivity contribution >= 4 is 11.5 Å². The monoisotopic (exact) mass is 393 g/mol. The Labute approximate surface area is 156 Å². The molecule has 27 heavy (non-hydrogen) atoms. The normalized spacial score (nSPS) is 16.5. The molecule has 0 radical (unpaired) electrons. The summed E-state index contributed by atoms with van der Waals surface area (Å²) in [6.45, 7) is 0.153. The first kappa shape index (κ1) is 17.7. The van der Waals surface area contributed by atoms with Gasteiger partial charge in [-0.2, -0.15) is 13.2 Å². The standard InChI is InChI=1S/C19H14F3NO3S/c20-19(21,22)14-3-1-2-13-15(8-9-25-18(13)14)26-12-6-4-11(5-7-12)16-10-17(24)23-27-16/h1-7,10,15H,8-9H2,(H,23,24). The smallest absolute Gasteiger partial charge is 0.419 e. The van der Waals surface area contributed by atoms with Crippen molar-refractivity contribution in [1.29, 1.82) is 0 Å². The quantitative estimate of drug-likeness (QED) is 0.679. The van der Waals surface area contributed by atoms with E-state index < -0.39 is 17.8 Å². The molecule has 0 saturated carbocycles. The molecule has 0 amide bonds. The Morgan fingerprint density at radius 3 is 2.59 bits per heavy atom. The number of aromatic nitrogens is 1. The van der Waals surface area contributed by atoms with Crippen LogP contribution in [-0.2, 0) is 6.18 Å². The van der Waals surface area contributed by atoms with E-state index in [9.17, 15) is 18.0 Å². The summed E-state index contributed by atoms with van der Waals surface area (Å²) in [5.41, 5.74) is 0.307. The molecule has 1 aliphatic heterocycles. The number of halogens is 3. The average molecular weight is 393 g/mol. The van der Waals surface area contributed by atoms with E-state index in [-0.39, 0.29) is 17.9 Å². The van der Waals surface area contributed by atoms with Crippen molar-refractivity contribution in [2.24, 2.45) is 0 Å². The van der Waals surface area contributed by atoms with Crippen LogP contribution in [0.2, 0.25) is 0 Å². The lowest BCUT2D eigenvalue weighted by Gasteiger charge is -2.28. The van der Waals surface area contributed by atoms with Crippen LogP contribution in [0, 0.1) is 0 Å². The Kier molecular flexibility index (Phi) is 4.43. The van der Waals surface area contributed by atoms with Gasteiger partial charge in [-0.1, -0.05) is 23.7 Å². The number of benzene rings is 2. The van der Waals surface area contributed by atoms with Gasteiger partial charge in [0.25, 0.3) is 5.56 Å². The van der Waals surface area contributed by atoms with Crippen molar-refractivity contribution < 1.29 is 22.6 Å². The van der Waals surface area contributed by atoms with Crippen LogP contribution in [0.3, 0.4) is 0 Å². The summed E-state index contributed by atoms with van der Waals surface area (Å²) < 4.78 is 53.4. The van der Waals surface area contributed by atoms with E-state index >= 15 is 0 Å². The average Bonchev–Trinajstić information content (AvgIpc) is 3.08. The van der Waals surface area contributed by atoms with E-state index in [0.29, 0.717) is 17.7 Å². The number of alkyl halides is 3. The highest BCUT2D eigenvalue weighted by Gasteiger charge is 2.38. The van der Waals surface area contributed by atoms with E-state index in [1.54, 1.807) is 30.3 Å². The van der Waals surface area contributed by atoms with Gasteiger partial charge in [0.05, 0.1) is 17.0 Å². The highest BCUT2D eigenvalue weighted by Crippen LogP contribution is 2.44. The van der Waals surface area contributed by atoms with Crippen molar-refractivity contribution in [2.45, 2.75) is 18.7 Å². The molecule has 1 aliphatic rings. The second kappa shape index (κ2) is 6.77. The van der Waals surface area contributed by atoms with Crippen LogP contribution >= 0.6 is 11.5 Å². The van der Waals surface area contributed by atoms with Crippen LogP contribution in [-0.4, -0.2) is 11.0 Å². The first-order chi connectivity index (χ1) is 12.9. The van der Waals surface area contributed by atoms with Gasteiger partial charge in [0.2, 0.25) is 0 Å². The fourth-order valence-corrected chi connectivity index (χ4v) is 3.72. The summed E-state index contributed by atoms with van der Waals surface area (Å²) in [6, 6.07) is 12.6. The summed E-state index contributed by atoms with van der Waals surface area (Å²) in [4.78, 5) is 12.0. The molecule has 3 aromatic rings. The first-order valence-corrected chi connectivity index (χ1v) is 9.02. The van der Waals surface area contributed by atoms with Gasteiger partial charge < -0.3 is 9.47 Å². The van der Waals surface area contributed by atoms with Crippen LogP contribution in [0.15, 0.2) is 53.3 Å². The summed E-state index contributed by atoms with van der Waals surface area (Å²) >= 11 is 1.24. The molecule has 4 nitrogen and oxygen atoms in total. The number of hydrogen-bond donors (Lipinski definition) is 1. The van der Waals surface area contributed by atoms with Gasteiger partial charge in [-0.15, -0.1) is 0 Å². The topological polar surface area (TPSA) is 51.3 Å². The Morgan fingerprint density at radius 2 is 1.93 bits per heavy atom. The van der Waals surface area contributed by atoms with Crippen molar-refractivity contribution in [3.8, 4) is 21.9 Å².